The number of carbonyl (C=O) groups is 2. The summed E-state index contributed by atoms with van der Waals surface area (Å²) in [5.41, 5.74) is 2.70. The summed E-state index contributed by atoms with van der Waals surface area (Å²) >= 11 is 0. The fourth-order valence-corrected chi connectivity index (χ4v) is 4.98. The zero-order valence-electron chi connectivity index (χ0n) is 20.8. The van der Waals surface area contributed by atoms with Crippen LogP contribution in [0.25, 0.3) is 0 Å². The summed E-state index contributed by atoms with van der Waals surface area (Å²) in [7, 11) is 0. The van der Waals surface area contributed by atoms with Gasteiger partial charge in [-0.2, -0.15) is 0 Å². The molecule has 3 atom stereocenters. The number of nitrogens with one attached hydrogen (secondary N) is 3. The molecule has 0 radical (unpaired) electrons. The summed E-state index contributed by atoms with van der Waals surface area (Å²) < 4.78 is 26.7. The van der Waals surface area contributed by atoms with E-state index in [0.29, 0.717) is 23.9 Å². The number of halogens is 2. The van der Waals surface area contributed by atoms with Crippen molar-refractivity contribution in [2.45, 2.75) is 19.4 Å². The number of nitrogens with zero attached hydrogens (tertiary/aromatic N) is 1. The Balaban J connectivity index is 0.000000173. The van der Waals surface area contributed by atoms with Gasteiger partial charge in [-0.1, -0.05) is 42.5 Å². The van der Waals surface area contributed by atoms with Gasteiger partial charge in [-0.05, 0) is 61.1 Å². The number of benzene rings is 3. The summed E-state index contributed by atoms with van der Waals surface area (Å²) in [6.45, 7) is 5.96. The fourth-order valence-electron chi connectivity index (χ4n) is 4.98. The van der Waals surface area contributed by atoms with Gasteiger partial charge in [-0.25, -0.2) is 8.78 Å². The van der Waals surface area contributed by atoms with E-state index < -0.39 is 5.82 Å². The zero-order valence-corrected chi connectivity index (χ0v) is 20.8. The lowest BCUT2D eigenvalue weighted by Crippen LogP contribution is -2.34. The van der Waals surface area contributed by atoms with E-state index in [1.54, 1.807) is 18.2 Å². The maximum absolute atomic E-state index is 13.5. The maximum Gasteiger partial charge on any atom is 0.254 e. The number of anilines is 2. The predicted molar refractivity (Wildman–Crippen MR) is 142 cm³/mol. The monoisotopic (exact) mass is 506 g/mol. The molecule has 0 bridgehead atoms. The lowest BCUT2D eigenvalue weighted by atomic mass is 10.0. The maximum atomic E-state index is 13.5. The standard InChI is InChI=1S/C16H16FNO.C13H16FN3O/c1-12(11-13-7-3-2-4-8-13)18-16(19)14-9-5-6-10-15(14)17;14-11-1-2-13(12(3-11)16-8-18)17-6-9-4-15-5-10(9)7-17/h2-10,12H,11H2,1H3,(H,18,19);1-3,8-10,15H,4-7H2,(H,16,18). The van der Waals surface area contributed by atoms with E-state index in [9.17, 15) is 18.4 Å². The van der Waals surface area contributed by atoms with E-state index in [-0.39, 0.29) is 23.3 Å². The molecule has 5 rings (SSSR count). The van der Waals surface area contributed by atoms with E-state index in [2.05, 4.69) is 20.9 Å². The minimum Gasteiger partial charge on any atom is -0.369 e. The normalized spacial score (nSPS) is 18.8. The highest BCUT2D eigenvalue weighted by Gasteiger charge is 2.36. The van der Waals surface area contributed by atoms with E-state index in [0.717, 1.165) is 43.9 Å². The first-order chi connectivity index (χ1) is 17.9. The number of amides is 2. The first-order valence-electron chi connectivity index (χ1n) is 12.5. The van der Waals surface area contributed by atoms with Crippen LogP contribution in [0.5, 0.6) is 0 Å². The van der Waals surface area contributed by atoms with Crippen molar-refractivity contribution >= 4 is 23.7 Å². The first-order valence-corrected chi connectivity index (χ1v) is 12.5. The van der Waals surface area contributed by atoms with E-state index in [1.165, 1.54) is 24.3 Å². The molecular formula is C29H32F2N4O2. The van der Waals surface area contributed by atoms with Crippen LogP contribution in [0.3, 0.4) is 0 Å². The Kier molecular flexibility index (Phi) is 8.85. The van der Waals surface area contributed by atoms with Crippen LogP contribution in [-0.4, -0.2) is 44.5 Å². The van der Waals surface area contributed by atoms with Gasteiger partial charge in [0.25, 0.3) is 5.91 Å². The first kappa shape index (κ1) is 26.3. The topological polar surface area (TPSA) is 73.5 Å². The SMILES string of the molecule is CC(Cc1ccccc1)NC(=O)c1ccccc1F.O=CNc1cc(F)ccc1N1CC2CNCC2C1. The fraction of sp³-hybridized carbons (Fsp3) is 0.310. The minimum atomic E-state index is -0.494. The molecule has 6 nitrogen and oxygen atoms in total. The Bertz CT molecular complexity index is 1200. The van der Waals surface area contributed by atoms with Gasteiger partial charge in [0.15, 0.2) is 0 Å². The third-order valence-corrected chi connectivity index (χ3v) is 6.78. The summed E-state index contributed by atoms with van der Waals surface area (Å²) in [6.07, 6.45) is 1.32. The lowest BCUT2D eigenvalue weighted by Gasteiger charge is -2.22. The molecular weight excluding hydrogens is 474 g/mol. The van der Waals surface area contributed by atoms with Crippen LogP contribution in [-0.2, 0) is 11.2 Å². The van der Waals surface area contributed by atoms with Crippen molar-refractivity contribution in [3.63, 3.8) is 0 Å². The van der Waals surface area contributed by atoms with Gasteiger partial charge in [0.2, 0.25) is 6.41 Å². The Morgan fingerprint density at radius 1 is 1.03 bits per heavy atom. The third kappa shape index (κ3) is 6.92. The van der Waals surface area contributed by atoms with Crippen LogP contribution in [0.4, 0.5) is 20.2 Å². The summed E-state index contributed by atoms with van der Waals surface area (Å²) in [5, 5.41) is 8.77. The summed E-state index contributed by atoms with van der Waals surface area (Å²) in [4.78, 5) is 24.7. The summed E-state index contributed by atoms with van der Waals surface area (Å²) in [5.74, 6) is 0.135. The van der Waals surface area contributed by atoms with Gasteiger partial charge in [0.1, 0.15) is 11.6 Å². The van der Waals surface area contributed by atoms with Crippen molar-refractivity contribution in [3.05, 3.63) is 95.6 Å². The van der Waals surface area contributed by atoms with E-state index >= 15 is 0 Å². The molecule has 0 spiro atoms. The molecule has 3 N–H and O–H groups in total. The lowest BCUT2D eigenvalue weighted by molar-refractivity contribution is -0.105. The molecule has 2 aliphatic heterocycles. The largest absolute Gasteiger partial charge is 0.369 e. The molecule has 2 amide bonds. The highest BCUT2D eigenvalue weighted by molar-refractivity contribution is 5.94. The Morgan fingerprint density at radius 3 is 2.38 bits per heavy atom. The van der Waals surface area contributed by atoms with Crippen LogP contribution in [0.1, 0.15) is 22.8 Å². The molecule has 2 saturated heterocycles. The molecule has 3 aromatic carbocycles. The second kappa shape index (κ2) is 12.5. The Hall–Kier alpha value is -3.78. The Morgan fingerprint density at radius 2 is 1.70 bits per heavy atom. The summed E-state index contributed by atoms with van der Waals surface area (Å²) in [6, 6.07) is 20.4. The number of carbonyl (C=O) groups excluding carboxylic acids is 2. The minimum absolute atomic E-state index is 0.0468. The molecule has 0 saturated carbocycles. The van der Waals surface area contributed by atoms with E-state index in [1.807, 2.05) is 37.3 Å². The quantitative estimate of drug-likeness (QED) is 0.419. The number of hydrogen-bond acceptors (Lipinski definition) is 4. The molecule has 2 fully saturated rings. The van der Waals surface area contributed by atoms with Gasteiger partial charge < -0.3 is 20.9 Å². The molecule has 3 aromatic rings. The molecule has 3 unspecified atom stereocenters. The van der Waals surface area contributed by atoms with Gasteiger partial charge in [-0.3, -0.25) is 9.59 Å². The number of hydrogen-bond donors (Lipinski definition) is 3. The molecule has 2 heterocycles. The van der Waals surface area contributed by atoms with Crippen LogP contribution in [0, 0.1) is 23.5 Å². The van der Waals surface area contributed by atoms with Gasteiger partial charge >= 0.3 is 0 Å². The van der Waals surface area contributed by atoms with E-state index in [4.69, 9.17) is 0 Å². The highest BCUT2D eigenvalue weighted by atomic mass is 19.1. The van der Waals surface area contributed by atoms with Crippen molar-refractivity contribution in [3.8, 4) is 0 Å². The van der Waals surface area contributed by atoms with Crippen molar-refractivity contribution in [2.75, 3.05) is 36.4 Å². The zero-order chi connectivity index (χ0) is 26.2. The van der Waals surface area contributed by atoms with Crippen molar-refractivity contribution in [1.29, 1.82) is 0 Å². The molecule has 0 aromatic heterocycles. The number of rotatable bonds is 7. The Labute approximate surface area is 216 Å². The molecule has 8 heteroatoms. The van der Waals surface area contributed by atoms with Crippen LogP contribution < -0.4 is 20.9 Å². The second-order valence-corrected chi connectivity index (χ2v) is 9.55. The second-order valence-electron chi connectivity index (χ2n) is 9.55. The molecule has 2 aliphatic rings. The van der Waals surface area contributed by atoms with Crippen molar-refractivity contribution in [1.82, 2.24) is 10.6 Å². The van der Waals surface area contributed by atoms with Gasteiger partial charge in [0, 0.05) is 32.2 Å². The van der Waals surface area contributed by atoms with Crippen LogP contribution >= 0.6 is 0 Å². The highest BCUT2D eigenvalue weighted by Crippen LogP contribution is 2.34. The molecule has 37 heavy (non-hydrogen) atoms. The van der Waals surface area contributed by atoms with Crippen LogP contribution in [0.2, 0.25) is 0 Å². The average Bonchev–Trinajstić information content (AvgIpc) is 3.48. The van der Waals surface area contributed by atoms with Gasteiger partial charge in [0.05, 0.1) is 16.9 Å². The number of fused-ring (bicyclic) bond motifs is 1. The molecule has 0 aliphatic carbocycles. The smallest absolute Gasteiger partial charge is 0.254 e. The average molecular weight is 507 g/mol. The molecule has 194 valence electrons. The van der Waals surface area contributed by atoms with Crippen molar-refractivity contribution in [2.24, 2.45) is 11.8 Å². The van der Waals surface area contributed by atoms with Crippen LogP contribution in [0.15, 0.2) is 72.8 Å². The predicted octanol–water partition coefficient (Wildman–Crippen LogP) is 4.24. The van der Waals surface area contributed by atoms with Gasteiger partial charge in [-0.15, -0.1) is 0 Å². The van der Waals surface area contributed by atoms with Crippen molar-refractivity contribution < 1.29 is 18.4 Å². The third-order valence-electron chi connectivity index (χ3n) is 6.78.